The Morgan fingerprint density at radius 1 is 1.15 bits per heavy atom. The van der Waals surface area contributed by atoms with Gasteiger partial charge in [0.1, 0.15) is 5.75 Å². The third-order valence-electron chi connectivity index (χ3n) is 3.19. The van der Waals surface area contributed by atoms with Crippen LogP contribution in [0.4, 0.5) is 0 Å². The molecule has 0 unspecified atom stereocenters. The first kappa shape index (κ1) is 14.7. The Kier molecular flexibility index (Phi) is 4.50. The summed E-state index contributed by atoms with van der Waals surface area (Å²) in [4.78, 5) is 13.1. The lowest BCUT2D eigenvalue weighted by atomic mass is 10.1. The smallest absolute Gasteiger partial charge is 0.339 e. The van der Waals surface area contributed by atoms with Crippen molar-refractivity contribution in [1.29, 1.82) is 0 Å². The topological polar surface area (TPSA) is 26.3 Å². The molecule has 0 aliphatic heterocycles. The van der Waals surface area contributed by atoms with E-state index in [1.807, 2.05) is 38.1 Å². The first-order chi connectivity index (χ1) is 9.51. The van der Waals surface area contributed by atoms with Gasteiger partial charge in [0.15, 0.2) is 0 Å². The fraction of sp³-hybridized carbons (Fsp3) is 0.235. The summed E-state index contributed by atoms with van der Waals surface area (Å²) in [7, 11) is 0. The zero-order valence-electron chi connectivity index (χ0n) is 12.0. The molecule has 2 nitrogen and oxygen atoms in total. The summed E-state index contributed by atoms with van der Waals surface area (Å²) in [5.74, 6) is 0.286. The largest absolute Gasteiger partial charge is 0.423 e. The molecule has 0 amide bonds. The summed E-state index contributed by atoms with van der Waals surface area (Å²) in [5.41, 5.74) is 0.489. The van der Waals surface area contributed by atoms with Crippen LogP contribution in [0.3, 0.4) is 0 Å². The van der Waals surface area contributed by atoms with Crippen molar-refractivity contribution in [3.8, 4) is 5.75 Å². The van der Waals surface area contributed by atoms with E-state index in [9.17, 15) is 4.79 Å². The standard InChI is InChI=1S/C17H18O2S/c1-11(2)12(3)17(18)19-15-7-5-14-10-16(20-4)8-6-13(14)9-15/h5-11H,3H2,1-2,4H3. The number of thioether (sulfide) groups is 1. The van der Waals surface area contributed by atoms with Crippen molar-refractivity contribution in [2.75, 3.05) is 6.26 Å². The summed E-state index contributed by atoms with van der Waals surface area (Å²) >= 11 is 1.71. The van der Waals surface area contributed by atoms with E-state index in [1.54, 1.807) is 11.8 Å². The van der Waals surface area contributed by atoms with E-state index in [2.05, 4.69) is 25.0 Å². The van der Waals surface area contributed by atoms with E-state index in [0.29, 0.717) is 11.3 Å². The van der Waals surface area contributed by atoms with Crippen LogP contribution in [0.25, 0.3) is 10.8 Å². The van der Waals surface area contributed by atoms with Gasteiger partial charge in [-0.05, 0) is 47.2 Å². The van der Waals surface area contributed by atoms with Gasteiger partial charge >= 0.3 is 5.97 Å². The SMILES string of the molecule is C=C(C(=O)Oc1ccc2cc(SC)ccc2c1)C(C)C. The number of ether oxygens (including phenoxy) is 1. The molecular weight excluding hydrogens is 268 g/mol. The Morgan fingerprint density at radius 3 is 2.45 bits per heavy atom. The maximum Gasteiger partial charge on any atom is 0.339 e. The van der Waals surface area contributed by atoms with E-state index < -0.39 is 0 Å². The van der Waals surface area contributed by atoms with E-state index in [4.69, 9.17) is 4.74 Å². The molecule has 2 aromatic carbocycles. The lowest BCUT2D eigenvalue weighted by molar-refractivity contribution is -0.130. The average molecular weight is 286 g/mol. The van der Waals surface area contributed by atoms with E-state index in [1.165, 1.54) is 4.90 Å². The zero-order chi connectivity index (χ0) is 14.7. The number of carbonyl (C=O) groups is 1. The summed E-state index contributed by atoms with van der Waals surface area (Å²) in [6.45, 7) is 7.61. The van der Waals surface area contributed by atoms with Crippen LogP contribution < -0.4 is 4.74 Å². The number of rotatable bonds is 4. The Morgan fingerprint density at radius 2 is 1.80 bits per heavy atom. The first-order valence-electron chi connectivity index (χ1n) is 6.50. The van der Waals surface area contributed by atoms with Crippen LogP contribution in [0, 0.1) is 5.92 Å². The van der Waals surface area contributed by atoms with Crippen molar-refractivity contribution in [2.45, 2.75) is 18.7 Å². The molecule has 0 atom stereocenters. The van der Waals surface area contributed by atoms with Gasteiger partial charge in [-0.15, -0.1) is 11.8 Å². The van der Waals surface area contributed by atoms with Crippen molar-refractivity contribution in [3.05, 3.63) is 48.6 Å². The quantitative estimate of drug-likeness (QED) is 0.353. The molecule has 0 aromatic heterocycles. The highest BCUT2D eigenvalue weighted by atomic mass is 32.2. The van der Waals surface area contributed by atoms with Gasteiger partial charge in [0, 0.05) is 10.5 Å². The molecule has 0 spiro atoms. The number of hydrogen-bond donors (Lipinski definition) is 0. The monoisotopic (exact) mass is 286 g/mol. The van der Waals surface area contributed by atoms with Gasteiger partial charge < -0.3 is 4.74 Å². The van der Waals surface area contributed by atoms with Gasteiger partial charge in [-0.2, -0.15) is 0 Å². The normalized spacial score (nSPS) is 10.8. The average Bonchev–Trinajstić information content (AvgIpc) is 2.45. The highest BCUT2D eigenvalue weighted by Gasteiger charge is 2.13. The Balaban J connectivity index is 2.24. The molecule has 0 N–H and O–H groups in total. The molecule has 0 fully saturated rings. The van der Waals surface area contributed by atoms with E-state index in [0.717, 1.165) is 10.8 Å². The van der Waals surface area contributed by atoms with Gasteiger partial charge in [0.2, 0.25) is 0 Å². The van der Waals surface area contributed by atoms with Crippen molar-refractivity contribution >= 4 is 28.5 Å². The second-order valence-electron chi connectivity index (χ2n) is 4.94. The molecule has 104 valence electrons. The number of carbonyl (C=O) groups excluding carboxylic acids is 1. The molecular formula is C17H18O2S. The second kappa shape index (κ2) is 6.14. The molecule has 0 radical (unpaired) electrons. The summed E-state index contributed by atoms with van der Waals surface area (Å²) in [6.07, 6.45) is 2.05. The minimum atomic E-state index is -0.361. The third-order valence-corrected chi connectivity index (χ3v) is 3.91. The maximum absolute atomic E-state index is 11.9. The first-order valence-corrected chi connectivity index (χ1v) is 7.72. The summed E-state index contributed by atoms with van der Waals surface area (Å²) in [6, 6.07) is 11.9. The predicted molar refractivity (Wildman–Crippen MR) is 85.3 cm³/mol. The third kappa shape index (κ3) is 3.23. The van der Waals surface area contributed by atoms with Crippen molar-refractivity contribution in [2.24, 2.45) is 5.92 Å². The zero-order valence-corrected chi connectivity index (χ0v) is 12.8. The molecule has 0 aliphatic carbocycles. The van der Waals surface area contributed by atoms with Crippen LogP contribution in [0.5, 0.6) is 5.75 Å². The highest BCUT2D eigenvalue weighted by molar-refractivity contribution is 7.98. The molecule has 0 heterocycles. The van der Waals surface area contributed by atoms with Crippen molar-refractivity contribution in [1.82, 2.24) is 0 Å². The van der Waals surface area contributed by atoms with Gasteiger partial charge in [0.05, 0.1) is 0 Å². The molecule has 2 rings (SSSR count). The number of esters is 1. The Labute approximate surface area is 123 Å². The summed E-state index contributed by atoms with van der Waals surface area (Å²) < 4.78 is 5.36. The van der Waals surface area contributed by atoms with Crippen LogP contribution in [-0.4, -0.2) is 12.2 Å². The Bertz CT molecular complexity index is 659. The predicted octanol–water partition coefficient (Wildman–Crippen LogP) is 4.68. The fourth-order valence-electron chi connectivity index (χ4n) is 1.80. The van der Waals surface area contributed by atoms with Gasteiger partial charge in [-0.1, -0.05) is 32.6 Å². The van der Waals surface area contributed by atoms with Crippen LogP contribution in [0.15, 0.2) is 53.4 Å². The lowest BCUT2D eigenvalue weighted by Gasteiger charge is -2.10. The van der Waals surface area contributed by atoms with Crippen LogP contribution in [-0.2, 0) is 4.79 Å². The molecule has 0 saturated carbocycles. The minimum Gasteiger partial charge on any atom is -0.423 e. The molecule has 3 heteroatoms. The number of hydrogen-bond acceptors (Lipinski definition) is 3. The van der Waals surface area contributed by atoms with Gasteiger partial charge in [-0.3, -0.25) is 0 Å². The highest BCUT2D eigenvalue weighted by Crippen LogP contribution is 2.26. The Hall–Kier alpha value is -1.74. The summed E-state index contributed by atoms with van der Waals surface area (Å²) in [5, 5.41) is 2.20. The van der Waals surface area contributed by atoms with Gasteiger partial charge in [-0.25, -0.2) is 4.79 Å². The molecule has 0 saturated heterocycles. The molecule has 20 heavy (non-hydrogen) atoms. The fourth-order valence-corrected chi connectivity index (χ4v) is 2.25. The maximum atomic E-state index is 11.9. The van der Waals surface area contributed by atoms with Crippen molar-refractivity contribution in [3.63, 3.8) is 0 Å². The van der Waals surface area contributed by atoms with Crippen LogP contribution in [0.1, 0.15) is 13.8 Å². The van der Waals surface area contributed by atoms with E-state index >= 15 is 0 Å². The van der Waals surface area contributed by atoms with Crippen molar-refractivity contribution < 1.29 is 9.53 Å². The van der Waals surface area contributed by atoms with Crippen LogP contribution in [0.2, 0.25) is 0 Å². The second-order valence-corrected chi connectivity index (χ2v) is 5.82. The van der Waals surface area contributed by atoms with Crippen LogP contribution >= 0.6 is 11.8 Å². The lowest BCUT2D eigenvalue weighted by Crippen LogP contribution is -2.14. The van der Waals surface area contributed by atoms with E-state index in [-0.39, 0.29) is 11.9 Å². The molecule has 2 aromatic rings. The number of benzene rings is 2. The van der Waals surface area contributed by atoms with Gasteiger partial charge in [0.25, 0.3) is 0 Å². The minimum absolute atomic E-state index is 0.0899. The molecule has 0 aliphatic rings. The molecule has 0 bridgehead atoms. The number of fused-ring (bicyclic) bond motifs is 1.